The van der Waals surface area contributed by atoms with Gasteiger partial charge in [0.15, 0.2) is 0 Å². The maximum atomic E-state index is 13.2. The summed E-state index contributed by atoms with van der Waals surface area (Å²) in [5.74, 6) is -1.27. The van der Waals surface area contributed by atoms with Crippen LogP contribution in [0, 0.1) is 0 Å². The summed E-state index contributed by atoms with van der Waals surface area (Å²) in [7, 11) is 0. The fraction of sp³-hybridized carbons (Fsp3) is 0.296. The van der Waals surface area contributed by atoms with Gasteiger partial charge in [0.2, 0.25) is 0 Å². The van der Waals surface area contributed by atoms with Crippen LogP contribution in [0.2, 0.25) is 0 Å². The third-order valence-electron chi connectivity index (χ3n) is 5.86. The van der Waals surface area contributed by atoms with Crippen molar-refractivity contribution >= 4 is 6.03 Å². The largest absolute Gasteiger partial charge is 0.573 e. The molecule has 2 atom stereocenters. The maximum Gasteiger partial charge on any atom is 0.573 e. The summed E-state index contributed by atoms with van der Waals surface area (Å²) in [4.78, 5) is 13.2. The van der Waals surface area contributed by atoms with E-state index in [-0.39, 0.29) is 17.5 Å². The Balaban J connectivity index is 2.24. The van der Waals surface area contributed by atoms with Crippen molar-refractivity contribution < 1.29 is 50.8 Å². The van der Waals surface area contributed by atoms with Crippen molar-refractivity contribution in [1.82, 2.24) is 10.6 Å². The minimum Gasteiger partial charge on any atom is -0.406 e. The summed E-state index contributed by atoms with van der Waals surface area (Å²) < 4.78 is 86.4. The first-order valence-electron chi connectivity index (χ1n) is 11.8. The number of aliphatic hydroxyl groups excluding tert-OH is 2. The lowest BCUT2D eigenvalue weighted by Crippen LogP contribution is -2.56. The predicted octanol–water partition coefficient (Wildman–Crippen LogP) is 5.01. The van der Waals surface area contributed by atoms with Crippen molar-refractivity contribution in [3.8, 4) is 11.5 Å². The summed E-state index contributed by atoms with van der Waals surface area (Å²) in [6.45, 7) is 0.662. The van der Waals surface area contributed by atoms with Gasteiger partial charge in [0, 0.05) is 6.42 Å². The third-order valence-corrected chi connectivity index (χ3v) is 5.86. The highest BCUT2D eigenvalue weighted by Gasteiger charge is 2.39. The number of aliphatic hydroxyl groups is 2. The third kappa shape index (κ3) is 8.52. The second-order valence-electron chi connectivity index (χ2n) is 8.85. The zero-order valence-electron chi connectivity index (χ0n) is 21.0. The average Bonchev–Trinajstić information content (AvgIpc) is 2.85. The molecule has 3 aromatic rings. The van der Waals surface area contributed by atoms with E-state index in [0.717, 1.165) is 24.3 Å². The van der Waals surface area contributed by atoms with Gasteiger partial charge in [-0.3, -0.25) is 0 Å². The number of hydrogen-bond donors (Lipinski definition) is 4. The van der Waals surface area contributed by atoms with Gasteiger partial charge in [-0.2, -0.15) is 0 Å². The Morgan fingerprint density at radius 3 is 1.75 bits per heavy atom. The molecular formula is C27H26F6N2O5. The van der Waals surface area contributed by atoms with Crippen molar-refractivity contribution in [2.24, 2.45) is 0 Å². The molecule has 0 bridgehead atoms. The van der Waals surface area contributed by atoms with E-state index in [9.17, 15) is 41.4 Å². The molecule has 13 heteroatoms. The second kappa shape index (κ2) is 12.5. The summed E-state index contributed by atoms with van der Waals surface area (Å²) in [6.07, 6.45) is -11.4. The van der Waals surface area contributed by atoms with Gasteiger partial charge in [-0.25, -0.2) is 4.79 Å². The number of carbonyl (C=O) groups is 1. The first kappa shape index (κ1) is 30.6. The molecule has 3 rings (SSSR count). The molecule has 0 heterocycles. The van der Waals surface area contributed by atoms with E-state index < -0.39 is 54.5 Å². The van der Waals surface area contributed by atoms with Crippen LogP contribution in [0.5, 0.6) is 11.5 Å². The number of nitrogens with one attached hydrogen (secondary N) is 2. The highest BCUT2D eigenvalue weighted by molar-refractivity contribution is 5.76. The highest BCUT2D eigenvalue weighted by atomic mass is 19.4. The molecule has 0 aromatic heterocycles. The van der Waals surface area contributed by atoms with Crippen molar-refractivity contribution in [3.63, 3.8) is 0 Å². The van der Waals surface area contributed by atoms with E-state index in [1.54, 1.807) is 30.3 Å². The molecule has 0 saturated carbocycles. The SMILES string of the molecule is C[C@@H](O)[C@@H](CO)NC(=O)NC(Cc1ccccc1)(c1cccc(OC(F)(F)F)c1)c1cccc(OC(F)(F)F)c1. The summed E-state index contributed by atoms with van der Waals surface area (Å²) in [6, 6.07) is 15.6. The van der Waals surface area contributed by atoms with E-state index >= 15 is 0 Å². The lowest BCUT2D eigenvalue weighted by molar-refractivity contribution is -0.275. The summed E-state index contributed by atoms with van der Waals surface area (Å²) in [5, 5.41) is 24.5. The quantitative estimate of drug-likeness (QED) is 0.256. The van der Waals surface area contributed by atoms with Gasteiger partial charge in [0.25, 0.3) is 0 Å². The molecule has 0 aliphatic carbocycles. The number of carbonyl (C=O) groups excluding carboxylic acids is 1. The molecule has 0 unspecified atom stereocenters. The Bertz CT molecular complexity index is 1210. The maximum absolute atomic E-state index is 13.2. The molecule has 7 nitrogen and oxygen atoms in total. The van der Waals surface area contributed by atoms with Crippen molar-refractivity contribution in [2.75, 3.05) is 6.61 Å². The van der Waals surface area contributed by atoms with Crippen LogP contribution >= 0.6 is 0 Å². The molecular weight excluding hydrogens is 546 g/mol. The molecule has 216 valence electrons. The normalized spacial score (nSPS) is 13.7. The number of hydrogen-bond acceptors (Lipinski definition) is 5. The van der Waals surface area contributed by atoms with E-state index in [2.05, 4.69) is 20.1 Å². The molecule has 0 spiro atoms. The van der Waals surface area contributed by atoms with Crippen LogP contribution in [0.25, 0.3) is 0 Å². The number of benzene rings is 3. The van der Waals surface area contributed by atoms with Crippen LogP contribution < -0.4 is 20.1 Å². The molecule has 0 saturated heterocycles. The molecule has 0 radical (unpaired) electrons. The number of rotatable bonds is 10. The number of ether oxygens (including phenoxy) is 2. The van der Waals surface area contributed by atoms with Gasteiger partial charge < -0.3 is 30.3 Å². The molecule has 2 amide bonds. The van der Waals surface area contributed by atoms with Crippen molar-refractivity contribution in [1.29, 1.82) is 0 Å². The lowest BCUT2D eigenvalue weighted by Gasteiger charge is -2.37. The summed E-state index contributed by atoms with van der Waals surface area (Å²) >= 11 is 0. The van der Waals surface area contributed by atoms with E-state index in [1.165, 1.54) is 31.2 Å². The Hall–Kier alpha value is -3.97. The molecule has 0 fully saturated rings. The van der Waals surface area contributed by atoms with Crippen LogP contribution in [0.4, 0.5) is 31.1 Å². The standard InChI is InChI=1S/C27H26F6N2O5/c1-17(37)23(16-36)34-24(38)35-25(15-18-7-3-2-4-8-18,19-9-5-11-21(13-19)39-26(28,29)30)20-10-6-12-22(14-20)40-27(31,32)33/h2-14,17,23,36-37H,15-16H2,1H3,(H2,34,35,38)/t17-,23-/m1/s1. The second-order valence-corrected chi connectivity index (χ2v) is 8.85. The van der Waals surface area contributed by atoms with Gasteiger partial charge in [-0.15, -0.1) is 26.3 Å². The minimum atomic E-state index is -5.04. The van der Waals surface area contributed by atoms with Crippen LogP contribution in [0.15, 0.2) is 78.9 Å². The zero-order chi connectivity index (χ0) is 29.6. The molecule has 4 N–H and O–H groups in total. The topological polar surface area (TPSA) is 100 Å². The number of alkyl halides is 6. The number of halogens is 6. The first-order chi connectivity index (χ1) is 18.7. The van der Waals surface area contributed by atoms with Crippen LogP contribution in [0.1, 0.15) is 23.6 Å². The summed E-state index contributed by atoms with van der Waals surface area (Å²) in [5.41, 5.74) is -1.20. The van der Waals surface area contributed by atoms with E-state index in [4.69, 9.17) is 0 Å². The van der Waals surface area contributed by atoms with Crippen LogP contribution in [0.3, 0.4) is 0 Å². The number of amides is 2. The minimum absolute atomic E-state index is 0.0232. The highest BCUT2D eigenvalue weighted by Crippen LogP contribution is 2.38. The van der Waals surface area contributed by atoms with Gasteiger partial charge in [0.05, 0.1) is 24.3 Å². The Labute approximate surface area is 225 Å². The Kier molecular flexibility index (Phi) is 9.53. The van der Waals surface area contributed by atoms with Gasteiger partial charge in [0.1, 0.15) is 11.5 Å². The van der Waals surface area contributed by atoms with E-state index in [1.807, 2.05) is 0 Å². The first-order valence-corrected chi connectivity index (χ1v) is 11.8. The lowest BCUT2D eigenvalue weighted by atomic mass is 9.77. The van der Waals surface area contributed by atoms with Gasteiger partial charge >= 0.3 is 18.8 Å². The fourth-order valence-electron chi connectivity index (χ4n) is 4.10. The molecule has 0 aliphatic heterocycles. The zero-order valence-corrected chi connectivity index (χ0v) is 21.0. The van der Waals surface area contributed by atoms with Crippen molar-refractivity contribution in [3.05, 3.63) is 95.6 Å². The monoisotopic (exact) mass is 572 g/mol. The van der Waals surface area contributed by atoms with Crippen LogP contribution in [-0.4, -0.2) is 47.7 Å². The Morgan fingerprint density at radius 2 is 1.32 bits per heavy atom. The predicted molar refractivity (Wildman–Crippen MR) is 131 cm³/mol. The fourth-order valence-corrected chi connectivity index (χ4v) is 4.10. The molecule has 3 aromatic carbocycles. The van der Waals surface area contributed by atoms with Crippen molar-refractivity contribution in [2.45, 2.75) is 43.8 Å². The molecule has 0 aliphatic rings. The molecule has 40 heavy (non-hydrogen) atoms. The van der Waals surface area contributed by atoms with E-state index in [0.29, 0.717) is 5.56 Å². The van der Waals surface area contributed by atoms with Gasteiger partial charge in [-0.1, -0.05) is 54.6 Å². The Morgan fingerprint density at radius 1 is 0.825 bits per heavy atom. The number of urea groups is 1. The van der Waals surface area contributed by atoms with Gasteiger partial charge in [-0.05, 0) is 47.9 Å². The average molecular weight is 573 g/mol. The van der Waals surface area contributed by atoms with Crippen LogP contribution in [-0.2, 0) is 12.0 Å². The smallest absolute Gasteiger partial charge is 0.406 e.